The van der Waals surface area contributed by atoms with Crippen molar-refractivity contribution in [3.8, 4) is 0 Å². The lowest BCUT2D eigenvalue weighted by Gasteiger charge is -1.99. The average molecular weight is 213 g/mol. The highest BCUT2D eigenvalue weighted by Gasteiger charge is 2.06. The van der Waals surface area contributed by atoms with Gasteiger partial charge in [0.05, 0.1) is 12.4 Å². The first-order valence-electron chi connectivity index (χ1n) is 4.14. The Morgan fingerprint density at radius 3 is 3.07 bits per heavy atom. The van der Waals surface area contributed by atoms with Crippen molar-refractivity contribution < 1.29 is 4.52 Å². The Morgan fingerprint density at radius 1 is 1.57 bits per heavy atom. The minimum absolute atomic E-state index is 0.344. The van der Waals surface area contributed by atoms with Gasteiger partial charge in [-0.3, -0.25) is 0 Å². The predicted molar refractivity (Wildman–Crippen MR) is 49.9 cm³/mol. The first-order valence-corrected chi connectivity index (χ1v) is 4.68. The van der Waals surface area contributed by atoms with Gasteiger partial charge in [-0.2, -0.15) is 0 Å². The Kier molecular flexibility index (Phi) is 2.49. The van der Waals surface area contributed by atoms with E-state index < -0.39 is 0 Å². The SMILES string of the molecule is Cc1cc(Cn2cnnc2CCl)no1. The van der Waals surface area contributed by atoms with Crippen LogP contribution in [0.3, 0.4) is 0 Å². The Balaban J connectivity index is 2.18. The molecule has 2 rings (SSSR count). The summed E-state index contributed by atoms with van der Waals surface area (Å²) >= 11 is 5.68. The van der Waals surface area contributed by atoms with E-state index in [0.717, 1.165) is 17.3 Å². The van der Waals surface area contributed by atoms with E-state index in [9.17, 15) is 0 Å². The second-order valence-corrected chi connectivity index (χ2v) is 3.20. The lowest BCUT2D eigenvalue weighted by molar-refractivity contribution is 0.388. The molecule has 2 aromatic heterocycles. The fraction of sp³-hybridized carbons (Fsp3) is 0.375. The van der Waals surface area contributed by atoms with Crippen LogP contribution in [-0.4, -0.2) is 19.9 Å². The third-order valence-corrected chi connectivity index (χ3v) is 2.06. The van der Waals surface area contributed by atoms with Crippen LogP contribution in [0.25, 0.3) is 0 Å². The number of aryl methyl sites for hydroxylation is 1. The Morgan fingerprint density at radius 2 is 2.43 bits per heavy atom. The second kappa shape index (κ2) is 3.79. The van der Waals surface area contributed by atoms with E-state index in [0.29, 0.717) is 12.4 Å². The Bertz CT molecular complexity index is 422. The maximum Gasteiger partial charge on any atom is 0.148 e. The molecule has 0 aromatic carbocycles. The van der Waals surface area contributed by atoms with Crippen molar-refractivity contribution in [3.63, 3.8) is 0 Å². The summed E-state index contributed by atoms with van der Waals surface area (Å²) in [5.41, 5.74) is 0.841. The summed E-state index contributed by atoms with van der Waals surface area (Å²) in [5, 5.41) is 11.5. The number of aromatic nitrogens is 4. The summed E-state index contributed by atoms with van der Waals surface area (Å²) in [5.74, 6) is 1.87. The van der Waals surface area contributed by atoms with Crippen molar-refractivity contribution in [1.82, 2.24) is 19.9 Å². The Labute approximate surface area is 85.7 Å². The van der Waals surface area contributed by atoms with E-state index in [1.54, 1.807) is 6.33 Å². The standard InChI is InChI=1S/C8H9ClN4O/c1-6-2-7(12-14-6)4-13-5-10-11-8(13)3-9/h2,5H,3-4H2,1H3. The van der Waals surface area contributed by atoms with Gasteiger partial charge in [0.25, 0.3) is 0 Å². The van der Waals surface area contributed by atoms with E-state index in [4.69, 9.17) is 16.1 Å². The van der Waals surface area contributed by atoms with Gasteiger partial charge in [-0.05, 0) is 6.92 Å². The normalized spacial score (nSPS) is 10.7. The highest BCUT2D eigenvalue weighted by Crippen LogP contribution is 2.06. The van der Waals surface area contributed by atoms with Gasteiger partial charge < -0.3 is 9.09 Å². The summed E-state index contributed by atoms with van der Waals surface area (Å²) in [4.78, 5) is 0. The smallest absolute Gasteiger partial charge is 0.148 e. The zero-order valence-corrected chi connectivity index (χ0v) is 8.40. The van der Waals surface area contributed by atoms with Crippen molar-refractivity contribution in [2.24, 2.45) is 0 Å². The molecule has 14 heavy (non-hydrogen) atoms. The van der Waals surface area contributed by atoms with Crippen molar-refractivity contribution in [2.45, 2.75) is 19.3 Å². The van der Waals surface area contributed by atoms with Crippen LogP contribution < -0.4 is 0 Å². The van der Waals surface area contributed by atoms with Gasteiger partial charge in [0.1, 0.15) is 23.6 Å². The monoisotopic (exact) mass is 212 g/mol. The number of rotatable bonds is 3. The number of alkyl halides is 1. The van der Waals surface area contributed by atoms with E-state index >= 15 is 0 Å². The number of hydrogen-bond donors (Lipinski definition) is 0. The lowest BCUT2D eigenvalue weighted by Crippen LogP contribution is -2.02. The zero-order valence-electron chi connectivity index (χ0n) is 7.64. The summed E-state index contributed by atoms with van der Waals surface area (Å²) in [7, 11) is 0. The largest absolute Gasteiger partial charge is 0.361 e. The molecule has 0 amide bonds. The zero-order chi connectivity index (χ0) is 9.97. The molecule has 0 aliphatic heterocycles. The first kappa shape index (κ1) is 9.21. The van der Waals surface area contributed by atoms with Crippen molar-refractivity contribution >= 4 is 11.6 Å². The Hall–Kier alpha value is -1.36. The minimum Gasteiger partial charge on any atom is -0.361 e. The van der Waals surface area contributed by atoms with Crippen molar-refractivity contribution in [2.75, 3.05) is 0 Å². The molecule has 5 nitrogen and oxygen atoms in total. The third kappa shape index (κ3) is 1.77. The predicted octanol–water partition coefficient (Wildman–Crippen LogP) is 1.36. The molecule has 0 spiro atoms. The molecule has 0 radical (unpaired) electrons. The van der Waals surface area contributed by atoms with Gasteiger partial charge in [0.2, 0.25) is 0 Å². The fourth-order valence-electron chi connectivity index (χ4n) is 1.18. The maximum absolute atomic E-state index is 5.68. The van der Waals surface area contributed by atoms with Crippen LogP contribution in [0.4, 0.5) is 0 Å². The highest BCUT2D eigenvalue weighted by atomic mass is 35.5. The molecular weight excluding hydrogens is 204 g/mol. The van der Waals surface area contributed by atoms with Gasteiger partial charge in [-0.15, -0.1) is 21.8 Å². The van der Waals surface area contributed by atoms with Crippen molar-refractivity contribution in [3.05, 3.63) is 29.7 Å². The number of nitrogens with zero attached hydrogens (tertiary/aromatic N) is 4. The third-order valence-electron chi connectivity index (χ3n) is 1.82. The molecule has 2 aromatic rings. The molecule has 74 valence electrons. The van der Waals surface area contributed by atoms with Gasteiger partial charge >= 0.3 is 0 Å². The van der Waals surface area contributed by atoms with Crippen molar-refractivity contribution in [1.29, 1.82) is 0 Å². The summed E-state index contributed by atoms with van der Waals surface area (Å²) in [6.07, 6.45) is 1.63. The molecule has 0 aliphatic carbocycles. The van der Waals surface area contributed by atoms with Crippen LogP contribution in [0.1, 0.15) is 17.3 Å². The van der Waals surface area contributed by atoms with Gasteiger partial charge in [-0.25, -0.2) is 0 Å². The molecule has 0 saturated heterocycles. The molecule has 0 aliphatic rings. The number of hydrogen-bond acceptors (Lipinski definition) is 4. The number of halogens is 1. The summed E-state index contributed by atoms with van der Waals surface area (Å²) in [6.45, 7) is 2.44. The first-order chi connectivity index (χ1) is 6.79. The van der Waals surface area contributed by atoms with Crippen LogP contribution in [0.5, 0.6) is 0 Å². The summed E-state index contributed by atoms with van der Waals surface area (Å²) < 4.78 is 6.79. The molecule has 0 atom stereocenters. The van der Waals surface area contributed by atoms with Crippen LogP contribution in [0, 0.1) is 6.92 Å². The molecule has 0 saturated carbocycles. The quantitative estimate of drug-likeness (QED) is 0.721. The minimum atomic E-state index is 0.344. The molecule has 0 fully saturated rings. The topological polar surface area (TPSA) is 56.7 Å². The highest BCUT2D eigenvalue weighted by molar-refractivity contribution is 6.16. The molecule has 0 unspecified atom stereocenters. The van der Waals surface area contributed by atoms with Crippen LogP contribution in [0.15, 0.2) is 16.9 Å². The molecule has 0 N–H and O–H groups in total. The molecular formula is C8H9ClN4O. The average Bonchev–Trinajstić information content (AvgIpc) is 2.76. The van der Waals surface area contributed by atoms with E-state index in [2.05, 4.69) is 15.4 Å². The van der Waals surface area contributed by atoms with Gasteiger partial charge in [-0.1, -0.05) is 5.16 Å². The fourth-order valence-corrected chi connectivity index (χ4v) is 1.39. The van der Waals surface area contributed by atoms with E-state index in [-0.39, 0.29) is 0 Å². The maximum atomic E-state index is 5.68. The summed E-state index contributed by atoms with van der Waals surface area (Å²) in [6, 6.07) is 1.87. The van der Waals surface area contributed by atoms with Crippen LogP contribution in [-0.2, 0) is 12.4 Å². The molecule has 2 heterocycles. The lowest BCUT2D eigenvalue weighted by atomic mass is 10.4. The molecule has 6 heteroatoms. The second-order valence-electron chi connectivity index (χ2n) is 2.94. The van der Waals surface area contributed by atoms with Gasteiger partial charge in [0, 0.05) is 6.07 Å². The van der Waals surface area contributed by atoms with Crippen LogP contribution in [0.2, 0.25) is 0 Å². The van der Waals surface area contributed by atoms with E-state index in [1.165, 1.54) is 0 Å². The van der Waals surface area contributed by atoms with E-state index in [1.807, 2.05) is 17.6 Å². The van der Waals surface area contributed by atoms with Gasteiger partial charge in [0.15, 0.2) is 0 Å². The van der Waals surface area contributed by atoms with Crippen LogP contribution >= 0.6 is 11.6 Å². The molecule has 0 bridgehead atoms.